The highest BCUT2D eigenvalue weighted by Crippen LogP contribution is 2.46. The van der Waals surface area contributed by atoms with Crippen LogP contribution in [0.5, 0.6) is 0 Å². The summed E-state index contributed by atoms with van der Waals surface area (Å²) in [7, 11) is 0. The number of nitrogens with zero attached hydrogens (tertiary/aromatic N) is 5. The first-order valence-electron chi connectivity index (χ1n) is 8.06. The molecule has 1 aliphatic heterocycles. The topological polar surface area (TPSA) is 46.3 Å². The highest BCUT2D eigenvalue weighted by atomic mass is 35.5. The van der Waals surface area contributed by atoms with Crippen LogP contribution >= 0.6 is 46.6 Å². The van der Waals surface area contributed by atoms with Gasteiger partial charge in [-0.2, -0.15) is 44.5 Å². The number of aromatic nitrogens is 4. The third-order valence-corrected chi connectivity index (χ3v) is 6.10. The maximum atomic E-state index is 13.1. The van der Waals surface area contributed by atoms with Crippen molar-refractivity contribution in [1.82, 2.24) is 19.6 Å². The van der Waals surface area contributed by atoms with E-state index in [1.54, 1.807) is 11.8 Å². The largest absolute Gasteiger partial charge is 0.416 e. The van der Waals surface area contributed by atoms with Crippen LogP contribution in [0, 0.1) is 0 Å². The van der Waals surface area contributed by atoms with Crippen LogP contribution in [0.25, 0.3) is 16.9 Å². The van der Waals surface area contributed by atoms with E-state index in [0.29, 0.717) is 24.5 Å². The average Bonchev–Trinajstić information content (AvgIpc) is 3.09. The molecule has 0 atom stereocenters. The Balaban J connectivity index is 2.00. The van der Waals surface area contributed by atoms with Gasteiger partial charge in [0.15, 0.2) is 0 Å². The molecule has 0 amide bonds. The van der Waals surface area contributed by atoms with Crippen LogP contribution in [-0.2, 0) is 6.18 Å². The summed E-state index contributed by atoms with van der Waals surface area (Å²) in [5, 5.41) is 3.90. The fourth-order valence-electron chi connectivity index (χ4n) is 3.06. The van der Waals surface area contributed by atoms with Gasteiger partial charge in [-0.05, 0) is 12.1 Å². The molecule has 148 valence electrons. The highest BCUT2D eigenvalue weighted by molar-refractivity contribution is 7.99. The summed E-state index contributed by atoms with van der Waals surface area (Å²) >= 11 is 20.7. The molecule has 4 rings (SSSR count). The molecule has 12 heteroatoms. The Bertz CT molecular complexity index is 1030. The molecule has 0 bridgehead atoms. The third kappa shape index (κ3) is 3.49. The van der Waals surface area contributed by atoms with Gasteiger partial charge in [-0.15, -0.1) is 0 Å². The van der Waals surface area contributed by atoms with E-state index in [2.05, 4.69) is 15.1 Å². The second-order valence-electron chi connectivity index (χ2n) is 5.99. The van der Waals surface area contributed by atoms with E-state index in [0.717, 1.165) is 23.6 Å². The summed E-state index contributed by atoms with van der Waals surface area (Å²) in [4.78, 5) is 10.3. The number of hydrogen-bond acceptors (Lipinski definition) is 5. The molecule has 0 N–H and O–H groups in total. The Morgan fingerprint density at radius 3 is 2.25 bits per heavy atom. The molecule has 2 aromatic heterocycles. The third-order valence-electron chi connectivity index (χ3n) is 4.29. The van der Waals surface area contributed by atoms with E-state index < -0.39 is 11.7 Å². The standard InChI is InChI=1S/C16H11Cl3F3N5S/c17-9-5-8(16(20,21)22)6-10(18)11(9)12-13(19)25-15-23-7-24-27(15)14(12)26-1-3-28-4-2-26/h5-7H,1-4H2. The molecule has 0 aliphatic carbocycles. The van der Waals surface area contributed by atoms with Crippen molar-refractivity contribution in [2.45, 2.75) is 6.18 Å². The lowest BCUT2D eigenvalue weighted by molar-refractivity contribution is -0.137. The molecule has 1 fully saturated rings. The molecule has 0 spiro atoms. The van der Waals surface area contributed by atoms with Crippen molar-refractivity contribution < 1.29 is 13.2 Å². The van der Waals surface area contributed by atoms with Gasteiger partial charge in [0.1, 0.15) is 17.3 Å². The zero-order valence-electron chi connectivity index (χ0n) is 14.0. The quantitative estimate of drug-likeness (QED) is 0.476. The average molecular weight is 469 g/mol. The van der Waals surface area contributed by atoms with Crippen LogP contribution in [0.2, 0.25) is 15.2 Å². The van der Waals surface area contributed by atoms with Crippen molar-refractivity contribution in [3.63, 3.8) is 0 Å². The lowest BCUT2D eigenvalue weighted by atomic mass is 10.0. The number of alkyl halides is 3. The van der Waals surface area contributed by atoms with E-state index in [9.17, 15) is 13.2 Å². The van der Waals surface area contributed by atoms with Crippen molar-refractivity contribution in [3.05, 3.63) is 39.2 Å². The summed E-state index contributed by atoms with van der Waals surface area (Å²) in [6, 6.07) is 1.67. The SMILES string of the molecule is FC(F)(F)c1cc(Cl)c(-c2c(Cl)nc3ncnn3c2N2CCSCC2)c(Cl)c1. The molecule has 28 heavy (non-hydrogen) atoms. The van der Waals surface area contributed by atoms with Gasteiger partial charge in [0.2, 0.25) is 0 Å². The Morgan fingerprint density at radius 1 is 1.00 bits per heavy atom. The van der Waals surface area contributed by atoms with Crippen molar-refractivity contribution >= 4 is 58.2 Å². The Hall–Kier alpha value is -1.42. The number of halogens is 6. The molecular weight excluding hydrogens is 458 g/mol. The Morgan fingerprint density at radius 2 is 1.64 bits per heavy atom. The Labute approximate surface area is 176 Å². The van der Waals surface area contributed by atoms with Crippen molar-refractivity contribution in [3.8, 4) is 11.1 Å². The molecule has 0 radical (unpaired) electrons. The molecule has 3 heterocycles. The minimum Gasteiger partial charge on any atom is -0.354 e. The molecule has 5 nitrogen and oxygen atoms in total. The second kappa shape index (κ2) is 7.44. The van der Waals surface area contributed by atoms with Gasteiger partial charge in [0.25, 0.3) is 5.78 Å². The van der Waals surface area contributed by atoms with Crippen LogP contribution in [-0.4, -0.2) is 44.2 Å². The van der Waals surface area contributed by atoms with Crippen LogP contribution in [0.15, 0.2) is 18.5 Å². The van der Waals surface area contributed by atoms with Gasteiger partial charge in [-0.1, -0.05) is 34.8 Å². The van der Waals surface area contributed by atoms with E-state index in [-0.39, 0.29) is 26.5 Å². The molecule has 1 aromatic carbocycles. The van der Waals surface area contributed by atoms with E-state index in [4.69, 9.17) is 34.8 Å². The maximum absolute atomic E-state index is 13.1. The monoisotopic (exact) mass is 467 g/mol. The number of thioether (sulfide) groups is 1. The fourth-order valence-corrected chi connectivity index (χ4v) is 4.89. The summed E-state index contributed by atoms with van der Waals surface area (Å²) in [6.45, 7) is 1.39. The maximum Gasteiger partial charge on any atom is 0.416 e. The second-order valence-corrected chi connectivity index (χ2v) is 8.38. The van der Waals surface area contributed by atoms with Gasteiger partial charge in [0.05, 0.1) is 21.2 Å². The molecule has 1 saturated heterocycles. The van der Waals surface area contributed by atoms with Crippen molar-refractivity contribution in [1.29, 1.82) is 0 Å². The molecule has 1 aliphatic rings. The van der Waals surface area contributed by atoms with Gasteiger partial charge >= 0.3 is 6.18 Å². The van der Waals surface area contributed by atoms with Crippen LogP contribution in [0.4, 0.5) is 19.0 Å². The minimum absolute atomic E-state index is 0.0392. The normalized spacial score (nSPS) is 15.4. The first kappa shape index (κ1) is 19.9. The number of hydrogen-bond donors (Lipinski definition) is 0. The van der Waals surface area contributed by atoms with Crippen LogP contribution in [0.3, 0.4) is 0 Å². The van der Waals surface area contributed by atoms with Gasteiger partial charge in [-0.25, -0.2) is 0 Å². The van der Waals surface area contributed by atoms with Gasteiger partial charge in [-0.3, -0.25) is 0 Å². The molecule has 3 aromatic rings. The van der Waals surface area contributed by atoms with Crippen LogP contribution < -0.4 is 4.90 Å². The number of benzene rings is 1. The van der Waals surface area contributed by atoms with Crippen LogP contribution in [0.1, 0.15) is 5.56 Å². The molecule has 0 unspecified atom stereocenters. The summed E-state index contributed by atoms with van der Waals surface area (Å²) in [5.74, 6) is 2.59. The zero-order valence-corrected chi connectivity index (χ0v) is 17.1. The summed E-state index contributed by atoms with van der Waals surface area (Å²) in [6.07, 6.45) is -3.24. The predicted molar refractivity (Wildman–Crippen MR) is 106 cm³/mol. The minimum atomic E-state index is -4.57. The zero-order chi connectivity index (χ0) is 20.1. The molecular formula is C16H11Cl3F3N5S. The van der Waals surface area contributed by atoms with E-state index >= 15 is 0 Å². The summed E-state index contributed by atoms with van der Waals surface area (Å²) < 4.78 is 40.8. The summed E-state index contributed by atoms with van der Waals surface area (Å²) in [5.41, 5.74) is -0.428. The van der Waals surface area contributed by atoms with Gasteiger partial charge < -0.3 is 4.90 Å². The van der Waals surface area contributed by atoms with E-state index in [1.807, 2.05) is 4.90 Å². The first-order valence-corrected chi connectivity index (χ1v) is 10.3. The smallest absolute Gasteiger partial charge is 0.354 e. The number of fused-ring (bicyclic) bond motifs is 1. The molecule has 0 saturated carbocycles. The first-order chi connectivity index (χ1) is 13.3. The number of anilines is 1. The fraction of sp³-hybridized carbons (Fsp3) is 0.312. The lowest BCUT2D eigenvalue weighted by Gasteiger charge is -2.30. The van der Waals surface area contributed by atoms with Crippen molar-refractivity contribution in [2.75, 3.05) is 29.5 Å². The Kier molecular flexibility index (Phi) is 5.28. The predicted octanol–water partition coefficient (Wildman–Crippen LogP) is 5.32. The van der Waals surface area contributed by atoms with Gasteiger partial charge in [0, 0.05) is 30.2 Å². The number of rotatable bonds is 2. The lowest BCUT2D eigenvalue weighted by Crippen LogP contribution is -2.34. The van der Waals surface area contributed by atoms with E-state index in [1.165, 1.54) is 10.8 Å². The highest BCUT2D eigenvalue weighted by Gasteiger charge is 2.33. The van der Waals surface area contributed by atoms with Crippen molar-refractivity contribution in [2.24, 2.45) is 0 Å².